The van der Waals surface area contributed by atoms with Crippen LogP contribution in [0.15, 0.2) is 18.2 Å². The van der Waals surface area contributed by atoms with Gasteiger partial charge in [-0.05, 0) is 30.5 Å². The lowest BCUT2D eigenvalue weighted by Gasteiger charge is -2.20. The molecule has 2 unspecified atom stereocenters. The van der Waals surface area contributed by atoms with Gasteiger partial charge >= 0.3 is 0 Å². The maximum absolute atomic E-state index is 6.10. The second-order valence-corrected chi connectivity index (χ2v) is 4.59. The molecule has 1 heterocycles. The van der Waals surface area contributed by atoms with Gasteiger partial charge in [0.1, 0.15) is 0 Å². The van der Waals surface area contributed by atoms with Crippen LogP contribution in [-0.4, -0.2) is 12.7 Å². The lowest BCUT2D eigenvalue weighted by Crippen LogP contribution is -2.25. The minimum absolute atomic E-state index is 0.0867. The van der Waals surface area contributed by atoms with Crippen molar-refractivity contribution in [2.24, 2.45) is 5.73 Å². The Labute approximate surface area is 99.3 Å². The molecule has 1 fully saturated rings. The number of halogens is 2. The quantitative estimate of drug-likeness (QED) is 0.869. The van der Waals surface area contributed by atoms with Crippen molar-refractivity contribution < 1.29 is 4.74 Å². The van der Waals surface area contributed by atoms with E-state index in [9.17, 15) is 0 Å². The average molecular weight is 246 g/mol. The topological polar surface area (TPSA) is 35.2 Å². The van der Waals surface area contributed by atoms with Crippen molar-refractivity contribution in [3.05, 3.63) is 33.8 Å². The van der Waals surface area contributed by atoms with Crippen LogP contribution in [0.25, 0.3) is 0 Å². The molecule has 1 aromatic rings. The smallest absolute Gasteiger partial charge is 0.0769 e. The van der Waals surface area contributed by atoms with E-state index in [1.807, 2.05) is 6.07 Å². The van der Waals surface area contributed by atoms with Crippen LogP contribution < -0.4 is 5.73 Å². The van der Waals surface area contributed by atoms with Crippen LogP contribution in [0.4, 0.5) is 0 Å². The number of hydrogen-bond donors (Lipinski definition) is 1. The summed E-state index contributed by atoms with van der Waals surface area (Å²) >= 11 is 11.9. The number of hydrogen-bond acceptors (Lipinski definition) is 2. The maximum atomic E-state index is 6.10. The van der Waals surface area contributed by atoms with E-state index in [0.717, 1.165) is 25.0 Å². The van der Waals surface area contributed by atoms with Gasteiger partial charge in [-0.25, -0.2) is 0 Å². The SMILES string of the molecule is NC(c1ccc(Cl)cc1Cl)C1CCCO1. The summed E-state index contributed by atoms with van der Waals surface area (Å²) in [5.74, 6) is 0. The summed E-state index contributed by atoms with van der Waals surface area (Å²) in [5, 5.41) is 1.24. The predicted octanol–water partition coefficient (Wildman–Crippen LogP) is 3.17. The van der Waals surface area contributed by atoms with Gasteiger partial charge in [0.15, 0.2) is 0 Å². The molecule has 2 atom stereocenters. The summed E-state index contributed by atoms with van der Waals surface area (Å²) in [6.07, 6.45) is 2.16. The number of nitrogens with two attached hydrogens (primary N) is 1. The van der Waals surface area contributed by atoms with Gasteiger partial charge in [0.25, 0.3) is 0 Å². The van der Waals surface area contributed by atoms with Crippen LogP contribution in [0.3, 0.4) is 0 Å². The standard InChI is InChI=1S/C11H13Cl2NO/c12-7-3-4-8(9(13)6-7)11(14)10-2-1-5-15-10/h3-4,6,10-11H,1-2,5,14H2. The molecule has 0 aromatic heterocycles. The van der Waals surface area contributed by atoms with Gasteiger partial charge in [-0.1, -0.05) is 29.3 Å². The van der Waals surface area contributed by atoms with Crippen molar-refractivity contribution in [2.75, 3.05) is 6.61 Å². The minimum Gasteiger partial charge on any atom is -0.376 e. The van der Waals surface area contributed by atoms with Gasteiger partial charge in [0, 0.05) is 16.7 Å². The Morgan fingerprint density at radius 2 is 2.20 bits per heavy atom. The van der Waals surface area contributed by atoms with E-state index in [2.05, 4.69) is 0 Å². The molecule has 1 aliphatic heterocycles. The van der Waals surface area contributed by atoms with Crippen LogP contribution in [0.2, 0.25) is 10.0 Å². The molecule has 0 saturated carbocycles. The van der Waals surface area contributed by atoms with Gasteiger partial charge < -0.3 is 10.5 Å². The third-order valence-electron chi connectivity index (χ3n) is 2.69. The van der Waals surface area contributed by atoms with Gasteiger partial charge in [-0.15, -0.1) is 0 Å². The number of ether oxygens (including phenoxy) is 1. The Balaban J connectivity index is 2.20. The molecular weight excluding hydrogens is 233 g/mol. The van der Waals surface area contributed by atoms with Crippen molar-refractivity contribution >= 4 is 23.2 Å². The second-order valence-electron chi connectivity index (χ2n) is 3.74. The molecule has 2 N–H and O–H groups in total. The molecule has 0 radical (unpaired) electrons. The predicted molar refractivity (Wildman–Crippen MR) is 62.4 cm³/mol. The largest absolute Gasteiger partial charge is 0.376 e. The van der Waals surface area contributed by atoms with Crippen LogP contribution in [0, 0.1) is 0 Å². The second kappa shape index (κ2) is 4.71. The molecule has 2 nitrogen and oxygen atoms in total. The average Bonchev–Trinajstić information content (AvgIpc) is 2.69. The summed E-state index contributed by atoms with van der Waals surface area (Å²) in [4.78, 5) is 0. The zero-order valence-corrected chi connectivity index (χ0v) is 9.76. The lowest BCUT2D eigenvalue weighted by molar-refractivity contribution is 0.0901. The number of benzene rings is 1. The first-order valence-electron chi connectivity index (χ1n) is 5.00. The molecule has 82 valence electrons. The lowest BCUT2D eigenvalue weighted by atomic mass is 10.0. The zero-order chi connectivity index (χ0) is 10.8. The fourth-order valence-corrected chi connectivity index (χ4v) is 2.39. The van der Waals surface area contributed by atoms with E-state index in [0.29, 0.717) is 10.0 Å². The molecule has 0 amide bonds. The Bertz CT molecular complexity index is 350. The van der Waals surface area contributed by atoms with Gasteiger partial charge in [0.2, 0.25) is 0 Å². The summed E-state index contributed by atoms with van der Waals surface area (Å²) in [6.45, 7) is 0.795. The van der Waals surface area contributed by atoms with Gasteiger partial charge in [-0.3, -0.25) is 0 Å². The summed E-state index contributed by atoms with van der Waals surface area (Å²) in [6, 6.07) is 5.24. The van der Waals surface area contributed by atoms with Crippen molar-refractivity contribution in [1.29, 1.82) is 0 Å². The third kappa shape index (κ3) is 2.45. The van der Waals surface area contributed by atoms with E-state index >= 15 is 0 Å². The van der Waals surface area contributed by atoms with Crippen LogP contribution >= 0.6 is 23.2 Å². The molecule has 1 saturated heterocycles. The van der Waals surface area contributed by atoms with Crippen molar-refractivity contribution in [1.82, 2.24) is 0 Å². The molecule has 0 aliphatic carbocycles. The van der Waals surface area contributed by atoms with E-state index in [1.165, 1.54) is 0 Å². The van der Waals surface area contributed by atoms with Crippen molar-refractivity contribution in [3.63, 3.8) is 0 Å². The monoisotopic (exact) mass is 245 g/mol. The highest BCUT2D eigenvalue weighted by Crippen LogP contribution is 2.31. The molecule has 2 rings (SSSR count). The number of rotatable bonds is 2. The third-order valence-corrected chi connectivity index (χ3v) is 3.25. The highest BCUT2D eigenvalue weighted by Gasteiger charge is 2.25. The Hall–Kier alpha value is -0.280. The first-order chi connectivity index (χ1) is 7.18. The molecule has 1 aromatic carbocycles. The van der Waals surface area contributed by atoms with E-state index < -0.39 is 0 Å². The molecule has 15 heavy (non-hydrogen) atoms. The van der Waals surface area contributed by atoms with Crippen LogP contribution in [0.5, 0.6) is 0 Å². The molecule has 1 aliphatic rings. The molecular formula is C11H13Cl2NO. The van der Waals surface area contributed by atoms with Crippen molar-refractivity contribution in [2.45, 2.75) is 25.0 Å². The van der Waals surface area contributed by atoms with Gasteiger partial charge in [-0.2, -0.15) is 0 Å². The Kier molecular flexibility index (Phi) is 3.52. The summed E-state index contributed by atoms with van der Waals surface area (Å²) in [7, 11) is 0. The Morgan fingerprint density at radius 1 is 1.40 bits per heavy atom. The first-order valence-corrected chi connectivity index (χ1v) is 5.76. The van der Waals surface area contributed by atoms with E-state index in [-0.39, 0.29) is 12.1 Å². The van der Waals surface area contributed by atoms with Crippen LogP contribution in [0.1, 0.15) is 24.4 Å². The van der Waals surface area contributed by atoms with Gasteiger partial charge in [0.05, 0.1) is 12.1 Å². The summed E-state index contributed by atoms with van der Waals surface area (Å²) < 4.78 is 5.54. The fraction of sp³-hybridized carbons (Fsp3) is 0.455. The minimum atomic E-state index is -0.155. The Morgan fingerprint density at radius 3 is 2.80 bits per heavy atom. The first kappa shape index (κ1) is 11.2. The van der Waals surface area contributed by atoms with E-state index in [4.69, 9.17) is 33.7 Å². The molecule has 4 heteroatoms. The van der Waals surface area contributed by atoms with Crippen molar-refractivity contribution in [3.8, 4) is 0 Å². The highest BCUT2D eigenvalue weighted by atomic mass is 35.5. The zero-order valence-electron chi connectivity index (χ0n) is 8.25. The fourth-order valence-electron chi connectivity index (χ4n) is 1.86. The molecule has 0 bridgehead atoms. The molecule has 0 spiro atoms. The maximum Gasteiger partial charge on any atom is 0.0769 e. The summed E-state index contributed by atoms with van der Waals surface area (Å²) in [5.41, 5.74) is 7.01. The van der Waals surface area contributed by atoms with E-state index in [1.54, 1.807) is 12.1 Å². The normalized spacial score (nSPS) is 23.0. The highest BCUT2D eigenvalue weighted by molar-refractivity contribution is 6.35. The van der Waals surface area contributed by atoms with Crippen LogP contribution in [-0.2, 0) is 4.74 Å².